The number of primary amides is 1. The van der Waals surface area contributed by atoms with Gasteiger partial charge >= 0.3 is 0 Å². The quantitative estimate of drug-likeness (QED) is 0.760. The highest BCUT2D eigenvalue weighted by atomic mass is 16.5. The summed E-state index contributed by atoms with van der Waals surface area (Å²) in [6, 6.07) is 3.75. The Morgan fingerprint density at radius 2 is 2.14 bits per heavy atom. The highest BCUT2D eigenvalue weighted by Gasteiger charge is 2.43. The van der Waals surface area contributed by atoms with E-state index < -0.39 is 0 Å². The largest absolute Gasteiger partial charge is 0.370 e. The number of nitrogens with two attached hydrogens (primary N) is 1. The molecular formula is C20H27N5O3. The molecule has 2 fully saturated rings. The summed E-state index contributed by atoms with van der Waals surface area (Å²) in [5.41, 5.74) is 7.31. The fourth-order valence-corrected chi connectivity index (χ4v) is 4.23. The molecule has 2 atom stereocenters. The van der Waals surface area contributed by atoms with Gasteiger partial charge in [0.1, 0.15) is 5.76 Å². The van der Waals surface area contributed by atoms with Gasteiger partial charge in [-0.2, -0.15) is 5.10 Å². The van der Waals surface area contributed by atoms with E-state index in [9.17, 15) is 9.59 Å². The number of hydrogen-bond acceptors (Lipinski definition) is 5. The van der Waals surface area contributed by atoms with Crippen molar-refractivity contribution in [3.8, 4) is 0 Å². The third-order valence-corrected chi connectivity index (χ3v) is 5.95. The van der Waals surface area contributed by atoms with Gasteiger partial charge in [0.15, 0.2) is 5.82 Å². The van der Waals surface area contributed by atoms with Gasteiger partial charge in [0.2, 0.25) is 11.8 Å². The number of rotatable bonds is 7. The van der Waals surface area contributed by atoms with Crippen molar-refractivity contribution >= 4 is 17.6 Å². The van der Waals surface area contributed by atoms with E-state index in [2.05, 4.69) is 22.1 Å². The zero-order valence-corrected chi connectivity index (χ0v) is 16.4. The van der Waals surface area contributed by atoms with Crippen molar-refractivity contribution in [2.45, 2.75) is 70.3 Å². The summed E-state index contributed by atoms with van der Waals surface area (Å²) >= 11 is 0. The SMILES string of the molecule is Cc1cc(CC(=O)Nc2cc(C3CCC(CC(N)=O)C3)n(C3(C)CC3)n2)on1. The Kier molecular flexibility index (Phi) is 4.72. The number of aryl methyl sites for hydroxylation is 1. The van der Waals surface area contributed by atoms with E-state index in [1.807, 2.05) is 13.0 Å². The smallest absolute Gasteiger partial charge is 0.233 e. The van der Waals surface area contributed by atoms with Gasteiger partial charge in [-0.05, 0) is 51.9 Å². The van der Waals surface area contributed by atoms with E-state index in [-0.39, 0.29) is 23.8 Å². The number of carbonyl (C=O) groups is 2. The summed E-state index contributed by atoms with van der Waals surface area (Å²) < 4.78 is 7.21. The predicted octanol–water partition coefficient (Wildman–Crippen LogP) is 2.63. The molecule has 2 aromatic heterocycles. The number of amides is 2. The molecule has 0 aliphatic heterocycles. The lowest BCUT2D eigenvalue weighted by Crippen LogP contribution is -2.20. The van der Waals surface area contributed by atoms with Gasteiger partial charge in [0.25, 0.3) is 0 Å². The monoisotopic (exact) mass is 385 g/mol. The Bertz CT molecular complexity index is 896. The molecule has 2 aliphatic rings. The Hall–Kier alpha value is -2.64. The highest BCUT2D eigenvalue weighted by molar-refractivity contribution is 5.91. The van der Waals surface area contributed by atoms with Crippen LogP contribution in [-0.2, 0) is 21.5 Å². The molecule has 150 valence electrons. The van der Waals surface area contributed by atoms with Crippen LogP contribution in [0.2, 0.25) is 0 Å². The van der Waals surface area contributed by atoms with Gasteiger partial charge in [-0.3, -0.25) is 14.3 Å². The molecule has 4 rings (SSSR count). The molecule has 2 amide bonds. The molecule has 0 radical (unpaired) electrons. The summed E-state index contributed by atoms with van der Waals surface area (Å²) in [6.07, 6.45) is 5.71. The van der Waals surface area contributed by atoms with Crippen molar-refractivity contribution in [1.29, 1.82) is 0 Å². The molecule has 8 heteroatoms. The Balaban J connectivity index is 1.49. The van der Waals surface area contributed by atoms with Crippen molar-refractivity contribution < 1.29 is 14.1 Å². The molecule has 28 heavy (non-hydrogen) atoms. The summed E-state index contributed by atoms with van der Waals surface area (Å²) in [7, 11) is 0. The average Bonchev–Trinajstić information content (AvgIpc) is 2.99. The van der Waals surface area contributed by atoms with Gasteiger partial charge in [-0.1, -0.05) is 5.16 Å². The second kappa shape index (κ2) is 7.07. The Morgan fingerprint density at radius 1 is 1.36 bits per heavy atom. The van der Waals surface area contributed by atoms with Crippen LogP contribution in [-0.4, -0.2) is 26.8 Å². The van der Waals surface area contributed by atoms with Crippen molar-refractivity contribution in [3.63, 3.8) is 0 Å². The number of aromatic nitrogens is 3. The molecule has 2 aromatic rings. The standard InChI is InChI=1S/C20H27N5O3/c1-12-7-15(28-24-12)10-19(27)22-18-11-16(25(23-18)20(2)5-6-20)14-4-3-13(8-14)9-17(21)26/h7,11,13-14H,3-6,8-10H2,1-2H3,(H2,21,26)(H,22,23,27). The summed E-state index contributed by atoms with van der Waals surface area (Å²) in [5.74, 6) is 1.38. The molecule has 2 saturated carbocycles. The number of anilines is 1. The maximum atomic E-state index is 12.4. The average molecular weight is 385 g/mol. The maximum Gasteiger partial charge on any atom is 0.233 e. The van der Waals surface area contributed by atoms with Gasteiger partial charge < -0.3 is 15.6 Å². The van der Waals surface area contributed by atoms with Crippen LogP contribution < -0.4 is 11.1 Å². The Morgan fingerprint density at radius 3 is 2.79 bits per heavy atom. The number of carbonyl (C=O) groups excluding carboxylic acids is 2. The second-order valence-corrected chi connectivity index (χ2v) is 8.57. The van der Waals surface area contributed by atoms with Crippen LogP contribution in [0.15, 0.2) is 16.7 Å². The first-order chi connectivity index (χ1) is 13.3. The molecule has 2 aliphatic carbocycles. The third-order valence-electron chi connectivity index (χ3n) is 5.95. The molecule has 0 aromatic carbocycles. The lowest BCUT2D eigenvalue weighted by molar-refractivity contribution is -0.119. The van der Waals surface area contributed by atoms with Crippen LogP contribution in [0.5, 0.6) is 0 Å². The minimum Gasteiger partial charge on any atom is -0.370 e. The first kappa shape index (κ1) is 18.7. The summed E-state index contributed by atoms with van der Waals surface area (Å²) in [4.78, 5) is 23.6. The molecular weight excluding hydrogens is 358 g/mol. The van der Waals surface area contributed by atoms with E-state index >= 15 is 0 Å². The van der Waals surface area contributed by atoms with Gasteiger partial charge in [-0.15, -0.1) is 0 Å². The van der Waals surface area contributed by atoms with E-state index in [1.54, 1.807) is 6.07 Å². The Labute approximate surface area is 163 Å². The predicted molar refractivity (Wildman–Crippen MR) is 103 cm³/mol. The number of nitrogens with one attached hydrogen (secondary N) is 1. The zero-order chi connectivity index (χ0) is 19.9. The second-order valence-electron chi connectivity index (χ2n) is 8.57. The fourth-order valence-electron chi connectivity index (χ4n) is 4.23. The van der Waals surface area contributed by atoms with Crippen LogP contribution in [0.25, 0.3) is 0 Å². The minimum atomic E-state index is -0.232. The lowest BCUT2D eigenvalue weighted by atomic mass is 9.99. The zero-order valence-electron chi connectivity index (χ0n) is 16.4. The summed E-state index contributed by atoms with van der Waals surface area (Å²) in [6.45, 7) is 4.02. The molecule has 0 bridgehead atoms. The minimum absolute atomic E-state index is 0.0299. The van der Waals surface area contributed by atoms with E-state index in [4.69, 9.17) is 15.4 Å². The van der Waals surface area contributed by atoms with Crippen LogP contribution in [0.3, 0.4) is 0 Å². The van der Waals surface area contributed by atoms with Crippen LogP contribution in [0, 0.1) is 12.8 Å². The van der Waals surface area contributed by atoms with E-state index in [1.165, 1.54) is 0 Å². The van der Waals surface area contributed by atoms with E-state index in [0.29, 0.717) is 29.8 Å². The van der Waals surface area contributed by atoms with Gasteiger partial charge in [0, 0.05) is 30.2 Å². The lowest BCUT2D eigenvalue weighted by Gasteiger charge is -2.18. The van der Waals surface area contributed by atoms with Crippen molar-refractivity contribution in [1.82, 2.24) is 14.9 Å². The molecule has 2 unspecified atom stereocenters. The van der Waals surface area contributed by atoms with E-state index in [0.717, 1.165) is 43.5 Å². The maximum absolute atomic E-state index is 12.4. The first-order valence-electron chi connectivity index (χ1n) is 9.93. The normalized spacial score (nSPS) is 22.9. The molecule has 0 spiro atoms. The van der Waals surface area contributed by atoms with Crippen molar-refractivity contribution in [2.75, 3.05) is 5.32 Å². The first-order valence-corrected chi connectivity index (χ1v) is 9.93. The third kappa shape index (κ3) is 3.95. The van der Waals surface area contributed by atoms with Crippen LogP contribution >= 0.6 is 0 Å². The topological polar surface area (TPSA) is 116 Å². The van der Waals surface area contributed by atoms with Gasteiger partial charge in [0.05, 0.1) is 17.7 Å². The number of hydrogen-bond donors (Lipinski definition) is 2. The molecule has 0 saturated heterocycles. The van der Waals surface area contributed by atoms with Crippen molar-refractivity contribution in [3.05, 3.63) is 29.3 Å². The molecule has 2 heterocycles. The molecule has 8 nitrogen and oxygen atoms in total. The van der Waals surface area contributed by atoms with Crippen LogP contribution in [0.4, 0.5) is 5.82 Å². The number of nitrogens with zero attached hydrogens (tertiary/aromatic N) is 3. The summed E-state index contributed by atoms with van der Waals surface area (Å²) in [5, 5.41) is 11.4. The highest BCUT2D eigenvalue weighted by Crippen LogP contribution is 2.48. The van der Waals surface area contributed by atoms with Gasteiger partial charge in [-0.25, -0.2) is 0 Å². The fraction of sp³-hybridized carbons (Fsp3) is 0.600. The molecule has 3 N–H and O–H groups in total. The van der Waals surface area contributed by atoms with Crippen LogP contribution in [0.1, 0.15) is 68.5 Å². The van der Waals surface area contributed by atoms with Crippen molar-refractivity contribution in [2.24, 2.45) is 11.7 Å².